The Morgan fingerprint density at radius 2 is 1.69 bits per heavy atom. The van der Waals surface area contributed by atoms with Crippen molar-refractivity contribution in [1.29, 1.82) is 0 Å². The molecule has 1 aromatic heterocycles. The smallest absolute Gasteiger partial charge is 0.254 e. The number of amides is 2. The predicted octanol–water partition coefficient (Wildman–Crippen LogP) is 5.05. The van der Waals surface area contributed by atoms with Crippen molar-refractivity contribution in [3.05, 3.63) is 95.2 Å². The summed E-state index contributed by atoms with van der Waals surface area (Å²) < 4.78 is 19.4. The molecule has 0 N–H and O–H groups in total. The summed E-state index contributed by atoms with van der Waals surface area (Å²) in [5.74, 6) is 0.558. The molecular weight excluding hydrogens is 407 g/mol. The Kier molecular flexibility index (Phi) is 7.82. The maximum Gasteiger partial charge on any atom is 0.254 e. The highest BCUT2D eigenvalue weighted by Gasteiger charge is 2.24. The van der Waals surface area contributed by atoms with Gasteiger partial charge in [-0.3, -0.25) is 9.59 Å². The first-order chi connectivity index (χ1) is 15.3. The molecule has 2 amide bonds. The number of hydrogen-bond acceptors (Lipinski definition) is 3. The van der Waals surface area contributed by atoms with Gasteiger partial charge in [-0.05, 0) is 48.7 Å². The molecule has 1 heterocycles. The van der Waals surface area contributed by atoms with Gasteiger partial charge in [0.15, 0.2) is 0 Å². The third-order valence-corrected chi connectivity index (χ3v) is 4.98. The molecule has 3 aromatic rings. The molecule has 0 spiro atoms. The van der Waals surface area contributed by atoms with E-state index in [4.69, 9.17) is 4.42 Å². The van der Waals surface area contributed by atoms with Gasteiger partial charge in [-0.15, -0.1) is 0 Å². The molecule has 168 valence electrons. The first kappa shape index (κ1) is 23.3. The number of rotatable bonds is 9. The van der Waals surface area contributed by atoms with Crippen LogP contribution in [-0.4, -0.2) is 34.7 Å². The fraction of sp³-hybridized carbons (Fsp3) is 0.308. The number of halogens is 1. The minimum atomic E-state index is -0.481. The summed E-state index contributed by atoms with van der Waals surface area (Å²) in [7, 11) is 0. The number of carbonyl (C=O) groups excluding carboxylic acids is 2. The van der Waals surface area contributed by atoms with Gasteiger partial charge in [-0.2, -0.15) is 0 Å². The van der Waals surface area contributed by atoms with Crippen molar-refractivity contribution in [3.63, 3.8) is 0 Å². The van der Waals surface area contributed by atoms with E-state index in [0.29, 0.717) is 25.4 Å². The first-order valence-electron chi connectivity index (χ1n) is 10.7. The Labute approximate surface area is 188 Å². The second-order valence-corrected chi connectivity index (χ2v) is 8.34. The molecule has 0 atom stereocenters. The molecular formula is C26H29FN2O3. The molecule has 0 aliphatic heterocycles. The summed E-state index contributed by atoms with van der Waals surface area (Å²) in [4.78, 5) is 29.6. The number of benzene rings is 2. The van der Waals surface area contributed by atoms with E-state index in [1.165, 1.54) is 23.1 Å². The molecule has 32 heavy (non-hydrogen) atoms. The average molecular weight is 437 g/mol. The molecule has 5 nitrogen and oxygen atoms in total. The third kappa shape index (κ3) is 6.54. The summed E-state index contributed by atoms with van der Waals surface area (Å²) in [5.41, 5.74) is 1.21. The van der Waals surface area contributed by atoms with Crippen LogP contribution in [0, 0.1) is 18.7 Å². The standard InChI is InChI=1S/C26H29FN2O3/c1-19(2)15-29(26(31)22-10-7-11-23(27)14-22)18-25(30)28(16-21-8-5-4-6-9-21)17-24-13-12-20(3)32-24/h4-14,19H,15-18H2,1-3H3. The van der Waals surface area contributed by atoms with Gasteiger partial charge in [0.05, 0.1) is 6.54 Å². The number of nitrogens with zero attached hydrogens (tertiary/aromatic N) is 2. The van der Waals surface area contributed by atoms with Gasteiger partial charge in [0.2, 0.25) is 5.91 Å². The van der Waals surface area contributed by atoms with Gasteiger partial charge in [-0.1, -0.05) is 50.2 Å². The average Bonchev–Trinajstić information content (AvgIpc) is 3.17. The van der Waals surface area contributed by atoms with Crippen LogP contribution in [0.5, 0.6) is 0 Å². The molecule has 2 aromatic carbocycles. The number of carbonyl (C=O) groups is 2. The first-order valence-corrected chi connectivity index (χ1v) is 10.7. The molecule has 0 saturated heterocycles. The van der Waals surface area contributed by atoms with E-state index in [2.05, 4.69) is 0 Å². The van der Waals surface area contributed by atoms with Crippen molar-refractivity contribution >= 4 is 11.8 Å². The van der Waals surface area contributed by atoms with E-state index in [9.17, 15) is 14.0 Å². The van der Waals surface area contributed by atoms with Crippen LogP contribution in [0.4, 0.5) is 4.39 Å². The van der Waals surface area contributed by atoms with Crippen molar-refractivity contribution in [1.82, 2.24) is 9.80 Å². The highest BCUT2D eigenvalue weighted by Crippen LogP contribution is 2.15. The van der Waals surface area contributed by atoms with Gasteiger partial charge in [0, 0.05) is 18.7 Å². The number of hydrogen-bond donors (Lipinski definition) is 0. The van der Waals surface area contributed by atoms with Crippen LogP contribution in [-0.2, 0) is 17.9 Å². The monoisotopic (exact) mass is 436 g/mol. The van der Waals surface area contributed by atoms with Gasteiger partial charge < -0.3 is 14.2 Å². The van der Waals surface area contributed by atoms with Crippen LogP contribution in [0.1, 0.15) is 41.3 Å². The summed E-state index contributed by atoms with van der Waals surface area (Å²) in [6.07, 6.45) is 0. The quantitative estimate of drug-likeness (QED) is 0.471. The van der Waals surface area contributed by atoms with Crippen molar-refractivity contribution in [2.75, 3.05) is 13.1 Å². The Morgan fingerprint density at radius 3 is 2.31 bits per heavy atom. The lowest BCUT2D eigenvalue weighted by molar-refractivity contribution is -0.133. The molecule has 0 radical (unpaired) electrons. The number of furan rings is 1. The van der Waals surface area contributed by atoms with Crippen LogP contribution < -0.4 is 0 Å². The lowest BCUT2D eigenvalue weighted by Gasteiger charge is -2.28. The molecule has 0 aliphatic carbocycles. The SMILES string of the molecule is Cc1ccc(CN(Cc2ccccc2)C(=O)CN(CC(C)C)C(=O)c2cccc(F)c2)o1. The van der Waals surface area contributed by atoms with E-state index in [-0.39, 0.29) is 29.8 Å². The summed E-state index contributed by atoms with van der Waals surface area (Å²) in [6.45, 7) is 6.79. The van der Waals surface area contributed by atoms with Gasteiger partial charge in [0.1, 0.15) is 23.9 Å². The Morgan fingerprint density at radius 1 is 0.938 bits per heavy atom. The predicted molar refractivity (Wildman–Crippen MR) is 121 cm³/mol. The second kappa shape index (κ2) is 10.8. The van der Waals surface area contributed by atoms with Crippen molar-refractivity contribution in [2.45, 2.75) is 33.9 Å². The van der Waals surface area contributed by atoms with Crippen molar-refractivity contribution in [2.24, 2.45) is 5.92 Å². The van der Waals surface area contributed by atoms with E-state index in [1.54, 1.807) is 11.0 Å². The maximum absolute atomic E-state index is 13.7. The minimum Gasteiger partial charge on any atom is -0.464 e. The van der Waals surface area contributed by atoms with Gasteiger partial charge >= 0.3 is 0 Å². The molecule has 3 rings (SSSR count). The van der Waals surface area contributed by atoms with Crippen LogP contribution >= 0.6 is 0 Å². The van der Waals surface area contributed by atoms with Crippen LogP contribution in [0.25, 0.3) is 0 Å². The Balaban J connectivity index is 1.82. The van der Waals surface area contributed by atoms with Crippen LogP contribution in [0.2, 0.25) is 0 Å². The fourth-order valence-electron chi connectivity index (χ4n) is 3.52. The summed E-state index contributed by atoms with van der Waals surface area (Å²) >= 11 is 0. The summed E-state index contributed by atoms with van der Waals surface area (Å²) in [6, 6.07) is 19.0. The van der Waals surface area contributed by atoms with E-state index in [1.807, 2.05) is 63.2 Å². The Hall–Kier alpha value is -3.41. The largest absolute Gasteiger partial charge is 0.464 e. The van der Waals surface area contributed by atoms with Crippen molar-refractivity contribution < 1.29 is 18.4 Å². The molecule has 0 aliphatic rings. The molecule has 0 unspecified atom stereocenters. The lowest BCUT2D eigenvalue weighted by atomic mass is 10.1. The summed E-state index contributed by atoms with van der Waals surface area (Å²) in [5, 5.41) is 0. The normalized spacial score (nSPS) is 10.9. The zero-order valence-electron chi connectivity index (χ0n) is 18.8. The van der Waals surface area contributed by atoms with Crippen LogP contribution in [0.3, 0.4) is 0 Å². The maximum atomic E-state index is 13.7. The highest BCUT2D eigenvalue weighted by molar-refractivity contribution is 5.96. The van der Waals surface area contributed by atoms with Crippen molar-refractivity contribution in [3.8, 4) is 0 Å². The van der Waals surface area contributed by atoms with Gasteiger partial charge in [0.25, 0.3) is 5.91 Å². The minimum absolute atomic E-state index is 0.0972. The van der Waals surface area contributed by atoms with Crippen LogP contribution in [0.15, 0.2) is 71.1 Å². The van der Waals surface area contributed by atoms with E-state index in [0.717, 1.165) is 11.3 Å². The number of aryl methyl sites for hydroxylation is 1. The zero-order valence-corrected chi connectivity index (χ0v) is 18.8. The Bertz CT molecular complexity index is 1050. The molecule has 6 heteroatoms. The molecule has 0 bridgehead atoms. The lowest BCUT2D eigenvalue weighted by Crippen LogP contribution is -2.43. The van der Waals surface area contributed by atoms with Gasteiger partial charge in [-0.25, -0.2) is 4.39 Å². The van der Waals surface area contributed by atoms with E-state index >= 15 is 0 Å². The highest BCUT2D eigenvalue weighted by atomic mass is 19.1. The zero-order chi connectivity index (χ0) is 23.1. The van der Waals surface area contributed by atoms with E-state index < -0.39 is 5.82 Å². The molecule has 0 saturated carbocycles. The second-order valence-electron chi connectivity index (χ2n) is 8.34. The third-order valence-electron chi connectivity index (χ3n) is 4.98. The topological polar surface area (TPSA) is 53.8 Å². The fourth-order valence-corrected chi connectivity index (χ4v) is 3.52. The molecule has 0 fully saturated rings.